The van der Waals surface area contributed by atoms with Crippen molar-refractivity contribution in [3.05, 3.63) is 46.6 Å². The Morgan fingerprint density at radius 3 is 2.87 bits per heavy atom. The van der Waals surface area contributed by atoms with Crippen LogP contribution >= 0.6 is 11.6 Å². The number of aromatic nitrogens is 3. The molecule has 2 aromatic rings. The molecule has 0 aromatic carbocycles. The number of anilines is 1. The minimum absolute atomic E-state index is 0.0934. The Bertz CT molecular complexity index is 997. The van der Waals surface area contributed by atoms with E-state index < -0.39 is 0 Å². The van der Waals surface area contributed by atoms with Crippen LogP contribution in [0.25, 0.3) is 0 Å². The quantitative estimate of drug-likeness (QED) is 0.753. The predicted octanol–water partition coefficient (Wildman–Crippen LogP) is 3.96. The molecule has 3 saturated carbocycles. The van der Waals surface area contributed by atoms with Crippen LogP contribution in [0.1, 0.15) is 53.7 Å². The first-order chi connectivity index (χ1) is 14.6. The van der Waals surface area contributed by atoms with Crippen LogP contribution in [-0.2, 0) is 13.0 Å². The van der Waals surface area contributed by atoms with Gasteiger partial charge in [-0.2, -0.15) is 0 Å². The van der Waals surface area contributed by atoms with Gasteiger partial charge in [0.05, 0.1) is 17.8 Å². The molecule has 4 aliphatic rings. The molecule has 156 valence electrons. The molecular formula is C23H26ClN5O. The van der Waals surface area contributed by atoms with Gasteiger partial charge in [-0.3, -0.25) is 4.79 Å². The van der Waals surface area contributed by atoms with E-state index in [1.54, 1.807) is 29.6 Å². The number of pyridine rings is 1. The monoisotopic (exact) mass is 423 g/mol. The maximum Gasteiger partial charge on any atom is 0.257 e. The first-order valence-electron chi connectivity index (χ1n) is 11.1. The van der Waals surface area contributed by atoms with E-state index in [1.807, 2.05) is 0 Å². The van der Waals surface area contributed by atoms with Gasteiger partial charge in [-0.25, -0.2) is 15.0 Å². The molecule has 1 amide bonds. The van der Waals surface area contributed by atoms with Gasteiger partial charge < -0.3 is 10.2 Å². The number of hydrogen-bond acceptors (Lipinski definition) is 5. The van der Waals surface area contributed by atoms with Crippen LogP contribution in [0.3, 0.4) is 0 Å². The third kappa shape index (κ3) is 2.76. The maximum atomic E-state index is 12.9. The normalized spacial score (nSPS) is 31.1. The molecule has 3 aliphatic carbocycles. The van der Waals surface area contributed by atoms with Crippen molar-refractivity contribution in [1.29, 1.82) is 0 Å². The lowest BCUT2D eigenvalue weighted by Crippen LogP contribution is -2.65. The van der Waals surface area contributed by atoms with E-state index in [0.717, 1.165) is 47.8 Å². The van der Waals surface area contributed by atoms with Gasteiger partial charge in [0.15, 0.2) is 0 Å². The second-order valence-electron chi connectivity index (χ2n) is 9.57. The predicted molar refractivity (Wildman–Crippen MR) is 114 cm³/mol. The van der Waals surface area contributed by atoms with Crippen molar-refractivity contribution in [2.75, 3.05) is 18.4 Å². The summed E-state index contributed by atoms with van der Waals surface area (Å²) in [5, 5.41) is 3.93. The SMILES string of the molecule is O=C(c1cccnc1Cl)N1CCc2c(ncnc2NCC23CC4CCCC(C2)C43)C1. The molecular weight excluding hydrogens is 398 g/mol. The molecule has 2 atom stereocenters. The standard InChI is InChI=1S/C23H26ClN5O/c24-20-17(5-2-7-25-20)22(30)29-8-6-16-18(11-29)27-13-28-21(16)26-12-23-9-14-3-1-4-15(10-23)19(14)23/h2,5,7,13-15,19H,1,3-4,6,8-12H2,(H,26,27,28). The third-order valence-electron chi connectivity index (χ3n) is 8.10. The highest BCUT2D eigenvalue weighted by Crippen LogP contribution is 2.71. The van der Waals surface area contributed by atoms with Crippen LogP contribution in [0.5, 0.6) is 0 Å². The molecule has 1 aliphatic heterocycles. The Hall–Kier alpha value is -2.21. The van der Waals surface area contributed by atoms with E-state index in [4.69, 9.17) is 11.6 Å². The molecule has 6 rings (SSSR count). The van der Waals surface area contributed by atoms with Crippen molar-refractivity contribution in [3.8, 4) is 0 Å². The fourth-order valence-electron chi connectivity index (χ4n) is 6.84. The Balaban J connectivity index is 1.16. The third-order valence-corrected chi connectivity index (χ3v) is 8.40. The summed E-state index contributed by atoms with van der Waals surface area (Å²) in [5.41, 5.74) is 3.05. The molecule has 1 N–H and O–H groups in total. The number of nitrogens with one attached hydrogen (secondary N) is 1. The van der Waals surface area contributed by atoms with E-state index in [2.05, 4.69) is 20.3 Å². The van der Waals surface area contributed by atoms with Gasteiger partial charge in [0.2, 0.25) is 0 Å². The summed E-state index contributed by atoms with van der Waals surface area (Å²) in [6.07, 6.45) is 11.1. The van der Waals surface area contributed by atoms with Crippen molar-refractivity contribution in [2.24, 2.45) is 23.2 Å². The number of amides is 1. The number of halogens is 1. The van der Waals surface area contributed by atoms with Crippen molar-refractivity contribution >= 4 is 23.3 Å². The molecule has 3 fully saturated rings. The summed E-state index contributed by atoms with van der Waals surface area (Å²) in [6, 6.07) is 3.46. The summed E-state index contributed by atoms with van der Waals surface area (Å²) >= 11 is 6.13. The molecule has 7 heteroatoms. The molecule has 30 heavy (non-hydrogen) atoms. The summed E-state index contributed by atoms with van der Waals surface area (Å²) in [4.78, 5) is 27.8. The number of fused-ring (bicyclic) bond motifs is 1. The van der Waals surface area contributed by atoms with Gasteiger partial charge in [-0.1, -0.05) is 30.9 Å². The Labute approximate surface area is 181 Å². The van der Waals surface area contributed by atoms with Crippen molar-refractivity contribution in [1.82, 2.24) is 19.9 Å². The van der Waals surface area contributed by atoms with Gasteiger partial charge in [0.25, 0.3) is 5.91 Å². The van der Waals surface area contributed by atoms with Crippen LogP contribution in [0.4, 0.5) is 5.82 Å². The van der Waals surface area contributed by atoms with Gasteiger partial charge in [0, 0.05) is 24.8 Å². The maximum absolute atomic E-state index is 12.9. The van der Waals surface area contributed by atoms with E-state index in [0.29, 0.717) is 24.1 Å². The molecule has 0 radical (unpaired) electrons. The average Bonchev–Trinajstić information content (AvgIpc) is 2.73. The molecule has 0 saturated heterocycles. The van der Waals surface area contributed by atoms with E-state index >= 15 is 0 Å². The summed E-state index contributed by atoms with van der Waals surface area (Å²) in [7, 11) is 0. The minimum Gasteiger partial charge on any atom is -0.369 e. The van der Waals surface area contributed by atoms with E-state index in [-0.39, 0.29) is 11.1 Å². The molecule has 3 heterocycles. The van der Waals surface area contributed by atoms with Crippen LogP contribution in [0.2, 0.25) is 5.15 Å². The highest BCUT2D eigenvalue weighted by Gasteiger charge is 2.65. The summed E-state index contributed by atoms with van der Waals surface area (Å²) in [5.74, 6) is 3.79. The smallest absolute Gasteiger partial charge is 0.257 e. The van der Waals surface area contributed by atoms with E-state index in [9.17, 15) is 4.79 Å². The first kappa shape index (κ1) is 18.6. The number of carbonyl (C=O) groups is 1. The topological polar surface area (TPSA) is 71.0 Å². The van der Waals surface area contributed by atoms with Gasteiger partial charge in [-0.15, -0.1) is 0 Å². The molecule has 0 spiro atoms. The second kappa shape index (κ2) is 6.91. The van der Waals surface area contributed by atoms with Crippen LogP contribution in [-0.4, -0.2) is 38.8 Å². The lowest BCUT2D eigenvalue weighted by molar-refractivity contribution is -0.198. The zero-order valence-corrected chi connectivity index (χ0v) is 17.7. The zero-order valence-electron chi connectivity index (χ0n) is 17.0. The molecule has 0 bridgehead atoms. The lowest BCUT2D eigenvalue weighted by atomic mass is 9.35. The lowest BCUT2D eigenvalue weighted by Gasteiger charge is -2.70. The highest BCUT2D eigenvalue weighted by molar-refractivity contribution is 6.32. The van der Waals surface area contributed by atoms with Crippen molar-refractivity contribution < 1.29 is 4.79 Å². The summed E-state index contributed by atoms with van der Waals surface area (Å²) < 4.78 is 0. The molecule has 6 nitrogen and oxygen atoms in total. The Morgan fingerprint density at radius 1 is 1.23 bits per heavy atom. The average molecular weight is 424 g/mol. The first-order valence-corrected chi connectivity index (χ1v) is 11.5. The van der Waals surface area contributed by atoms with Crippen molar-refractivity contribution in [2.45, 2.75) is 45.1 Å². The van der Waals surface area contributed by atoms with Gasteiger partial charge >= 0.3 is 0 Å². The summed E-state index contributed by atoms with van der Waals surface area (Å²) in [6.45, 7) is 2.15. The molecule has 2 unspecified atom stereocenters. The number of rotatable bonds is 4. The van der Waals surface area contributed by atoms with Crippen LogP contribution < -0.4 is 5.32 Å². The number of hydrogen-bond donors (Lipinski definition) is 1. The Kier molecular flexibility index (Phi) is 4.27. The highest BCUT2D eigenvalue weighted by atomic mass is 35.5. The van der Waals surface area contributed by atoms with Gasteiger partial charge in [-0.05, 0) is 54.6 Å². The number of carbonyl (C=O) groups excluding carboxylic acids is 1. The van der Waals surface area contributed by atoms with Gasteiger partial charge in [0.1, 0.15) is 17.3 Å². The van der Waals surface area contributed by atoms with Crippen molar-refractivity contribution in [3.63, 3.8) is 0 Å². The van der Waals surface area contributed by atoms with Crippen LogP contribution in [0.15, 0.2) is 24.7 Å². The number of nitrogens with zero attached hydrogens (tertiary/aromatic N) is 4. The fourth-order valence-corrected chi connectivity index (χ4v) is 7.04. The minimum atomic E-state index is -0.0934. The Morgan fingerprint density at radius 2 is 2.07 bits per heavy atom. The van der Waals surface area contributed by atoms with E-state index in [1.165, 1.54) is 32.1 Å². The molecule has 2 aromatic heterocycles. The zero-order chi connectivity index (χ0) is 20.3. The van der Waals surface area contributed by atoms with Crippen LogP contribution in [0, 0.1) is 23.2 Å². The largest absolute Gasteiger partial charge is 0.369 e. The fraction of sp³-hybridized carbons (Fsp3) is 0.565. The second-order valence-corrected chi connectivity index (χ2v) is 9.93.